The number of likely N-dealkylation sites (tertiary alicyclic amines) is 1. The van der Waals surface area contributed by atoms with Crippen LogP contribution in [0.1, 0.15) is 32.1 Å². The van der Waals surface area contributed by atoms with Gasteiger partial charge in [0.1, 0.15) is 12.6 Å². The highest BCUT2D eigenvalue weighted by Gasteiger charge is 2.36. The molecular formula is C15H23N3O4. The number of nitrogens with zero attached hydrogens (tertiary/aromatic N) is 3. The fourth-order valence-corrected chi connectivity index (χ4v) is 3.04. The Kier molecular flexibility index (Phi) is 4.33. The molecule has 3 fully saturated rings. The van der Waals surface area contributed by atoms with E-state index in [1.54, 1.807) is 4.90 Å². The van der Waals surface area contributed by atoms with Crippen molar-refractivity contribution in [1.29, 1.82) is 0 Å². The van der Waals surface area contributed by atoms with Crippen molar-refractivity contribution in [2.45, 2.75) is 38.2 Å². The average molecular weight is 309 g/mol. The first-order valence-electron chi connectivity index (χ1n) is 8.07. The van der Waals surface area contributed by atoms with E-state index in [4.69, 9.17) is 0 Å². The topological polar surface area (TPSA) is 81.2 Å². The summed E-state index contributed by atoms with van der Waals surface area (Å²) in [5, 5.41) is 9.72. The highest BCUT2D eigenvalue weighted by atomic mass is 16.3. The first-order chi connectivity index (χ1) is 10.5. The molecule has 1 unspecified atom stereocenters. The summed E-state index contributed by atoms with van der Waals surface area (Å²) in [5.74, 6) is 0.00381. The van der Waals surface area contributed by atoms with Crippen LogP contribution in [0, 0.1) is 5.92 Å². The van der Waals surface area contributed by atoms with Gasteiger partial charge in [-0.1, -0.05) is 0 Å². The van der Waals surface area contributed by atoms with Crippen LogP contribution in [-0.4, -0.2) is 76.5 Å². The molecule has 3 aliphatic rings. The summed E-state index contributed by atoms with van der Waals surface area (Å²) in [6, 6.07) is 0. The molecule has 1 saturated carbocycles. The molecular weight excluding hydrogens is 286 g/mol. The van der Waals surface area contributed by atoms with Gasteiger partial charge in [0.25, 0.3) is 5.91 Å². The first-order valence-corrected chi connectivity index (χ1v) is 8.07. The molecule has 2 aliphatic heterocycles. The third kappa shape index (κ3) is 3.40. The van der Waals surface area contributed by atoms with Crippen LogP contribution in [0.2, 0.25) is 0 Å². The maximum Gasteiger partial charge on any atom is 0.251 e. The lowest BCUT2D eigenvalue weighted by molar-refractivity contribution is -0.145. The van der Waals surface area contributed by atoms with Crippen molar-refractivity contribution in [3.05, 3.63) is 0 Å². The normalized spacial score (nSPS) is 26.6. The van der Waals surface area contributed by atoms with Crippen molar-refractivity contribution in [1.82, 2.24) is 14.7 Å². The van der Waals surface area contributed by atoms with Gasteiger partial charge < -0.3 is 19.8 Å². The van der Waals surface area contributed by atoms with Gasteiger partial charge in [0.15, 0.2) is 0 Å². The maximum atomic E-state index is 12.3. The smallest absolute Gasteiger partial charge is 0.251 e. The second kappa shape index (κ2) is 6.24. The van der Waals surface area contributed by atoms with Gasteiger partial charge in [-0.15, -0.1) is 0 Å². The van der Waals surface area contributed by atoms with Crippen LogP contribution in [0.25, 0.3) is 0 Å². The Morgan fingerprint density at radius 1 is 1.14 bits per heavy atom. The van der Waals surface area contributed by atoms with Gasteiger partial charge in [-0.3, -0.25) is 14.4 Å². The first kappa shape index (κ1) is 15.3. The van der Waals surface area contributed by atoms with E-state index in [1.165, 1.54) is 9.80 Å². The Labute approximate surface area is 129 Å². The van der Waals surface area contributed by atoms with E-state index in [-0.39, 0.29) is 30.8 Å². The van der Waals surface area contributed by atoms with Crippen LogP contribution in [0.3, 0.4) is 0 Å². The Balaban J connectivity index is 1.55. The third-order valence-corrected chi connectivity index (χ3v) is 4.63. The van der Waals surface area contributed by atoms with Gasteiger partial charge in [0, 0.05) is 13.1 Å². The molecule has 2 saturated heterocycles. The third-order valence-electron chi connectivity index (χ3n) is 4.63. The Morgan fingerprint density at radius 3 is 2.64 bits per heavy atom. The molecule has 1 atom stereocenters. The van der Waals surface area contributed by atoms with Crippen LogP contribution < -0.4 is 0 Å². The number of rotatable bonds is 4. The van der Waals surface area contributed by atoms with E-state index < -0.39 is 6.10 Å². The van der Waals surface area contributed by atoms with Crippen molar-refractivity contribution < 1.29 is 19.5 Å². The molecule has 0 radical (unpaired) electrons. The van der Waals surface area contributed by atoms with Crippen molar-refractivity contribution in [3.8, 4) is 0 Å². The van der Waals surface area contributed by atoms with Crippen molar-refractivity contribution in [2.75, 3.05) is 32.8 Å². The van der Waals surface area contributed by atoms with E-state index in [2.05, 4.69) is 0 Å². The molecule has 0 aromatic rings. The minimum atomic E-state index is -0.998. The van der Waals surface area contributed by atoms with Crippen molar-refractivity contribution in [3.63, 3.8) is 0 Å². The number of hydrogen-bond acceptors (Lipinski definition) is 4. The summed E-state index contributed by atoms with van der Waals surface area (Å²) >= 11 is 0. The van der Waals surface area contributed by atoms with Gasteiger partial charge in [-0.25, -0.2) is 0 Å². The minimum absolute atomic E-state index is 0.0116. The minimum Gasteiger partial charge on any atom is -0.383 e. The van der Waals surface area contributed by atoms with E-state index in [9.17, 15) is 19.5 Å². The van der Waals surface area contributed by atoms with Crippen molar-refractivity contribution in [2.24, 2.45) is 5.92 Å². The monoisotopic (exact) mass is 309 g/mol. The Bertz CT molecular complexity index is 477. The fourth-order valence-electron chi connectivity index (χ4n) is 3.04. The second-order valence-corrected chi connectivity index (χ2v) is 6.56. The lowest BCUT2D eigenvalue weighted by atomic mass is 10.2. The summed E-state index contributed by atoms with van der Waals surface area (Å²) in [7, 11) is 0. The van der Waals surface area contributed by atoms with E-state index in [1.807, 2.05) is 0 Å². The van der Waals surface area contributed by atoms with Crippen LogP contribution in [0.4, 0.5) is 0 Å². The molecule has 0 aromatic heterocycles. The van der Waals surface area contributed by atoms with Gasteiger partial charge in [-0.2, -0.15) is 0 Å². The average Bonchev–Trinajstić information content (AvgIpc) is 3.25. The molecule has 0 spiro atoms. The molecule has 0 aromatic carbocycles. The summed E-state index contributed by atoms with van der Waals surface area (Å²) in [6.07, 6.45) is 3.37. The van der Waals surface area contributed by atoms with Gasteiger partial charge >= 0.3 is 0 Å². The lowest BCUT2D eigenvalue weighted by Gasteiger charge is -2.24. The molecule has 7 heteroatoms. The summed E-state index contributed by atoms with van der Waals surface area (Å²) in [5.41, 5.74) is 0. The molecule has 122 valence electrons. The summed E-state index contributed by atoms with van der Waals surface area (Å²) < 4.78 is 0. The number of aliphatic hydroxyl groups is 1. The largest absolute Gasteiger partial charge is 0.383 e. The maximum absolute atomic E-state index is 12.3. The van der Waals surface area contributed by atoms with E-state index in [0.29, 0.717) is 25.6 Å². The summed E-state index contributed by atoms with van der Waals surface area (Å²) in [6.45, 7) is 1.63. The molecule has 3 amide bonds. The van der Waals surface area contributed by atoms with Gasteiger partial charge in [0.2, 0.25) is 11.8 Å². The van der Waals surface area contributed by atoms with E-state index in [0.717, 1.165) is 32.2 Å². The number of carbonyl (C=O) groups is 3. The highest BCUT2D eigenvalue weighted by Crippen LogP contribution is 2.30. The number of carbonyl (C=O) groups excluding carboxylic acids is 3. The van der Waals surface area contributed by atoms with Crippen LogP contribution in [0.15, 0.2) is 0 Å². The second-order valence-electron chi connectivity index (χ2n) is 6.56. The Hall–Kier alpha value is -1.63. The zero-order chi connectivity index (χ0) is 15.7. The predicted octanol–water partition coefficient (Wildman–Crippen LogP) is -0.602. The van der Waals surface area contributed by atoms with Crippen molar-refractivity contribution >= 4 is 17.7 Å². The molecule has 1 N–H and O–H groups in total. The SMILES string of the molecule is O=C(CN1CCCCC(O)C1=O)N1CC(=O)N(CC2CC2)C1. The standard InChI is InChI=1S/C15H23N3O4/c19-12-3-1-2-6-16(15(12)22)8-13(20)18-9-14(21)17(10-18)7-11-4-5-11/h11-12,19H,1-10H2. The molecule has 0 bridgehead atoms. The zero-order valence-electron chi connectivity index (χ0n) is 12.7. The van der Waals surface area contributed by atoms with Crippen LogP contribution in [0.5, 0.6) is 0 Å². The van der Waals surface area contributed by atoms with Gasteiger partial charge in [0.05, 0.1) is 13.2 Å². The summed E-state index contributed by atoms with van der Waals surface area (Å²) in [4.78, 5) is 40.9. The fraction of sp³-hybridized carbons (Fsp3) is 0.800. The Morgan fingerprint density at radius 2 is 1.91 bits per heavy atom. The van der Waals surface area contributed by atoms with Crippen LogP contribution in [-0.2, 0) is 14.4 Å². The van der Waals surface area contributed by atoms with Gasteiger partial charge in [-0.05, 0) is 38.0 Å². The molecule has 3 rings (SSSR count). The molecule has 7 nitrogen and oxygen atoms in total. The number of aliphatic hydroxyl groups excluding tert-OH is 1. The molecule has 2 heterocycles. The number of amides is 3. The highest BCUT2D eigenvalue weighted by molar-refractivity contribution is 5.91. The quantitative estimate of drug-likeness (QED) is 0.752. The lowest BCUT2D eigenvalue weighted by Crippen LogP contribution is -2.45. The molecule has 1 aliphatic carbocycles. The number of hydrogen-bond donors (Lipinski definition) is 1. The predicted molar refractivity (Wildman–Crippen MR) is 77.5 cm³/mol. The van der Waals surface area contributed by atoms with Crippen LogP contribution >= 0.6 is 0 Å². The van der Waals surface area contributed by atoms with E-state index >= 15 is 0 Å². The zero-order valence-corrected chi connectivity index (χ0v) is 12.7. The molecule has 22 heavy (non-hydrogen) atoms.